The van der Waals surface area contributed by atoms with Gasteiger partial charge >= 0.3 is 0 Å². The van der Waals surface area contributed by atoms with E-state index in [4.69, 9.17) is 0 Å². The Morgan fingerprint density at radius 1 is 1.33 bits per heavy atom. The van der Waals surface area contributed by atoms with Crippen LogP contribution in [0.1, 0.15) is 24.9 Å². The summed E-state index contributed by atoms with van der Waals surface area (Å²) in [5.41, 5.74) is 1.28. The second-order valence-corrected chi connectivity index (χ2v) is 6.74. The molecule has 0 radical (unpaired) electrons. The SMILES string of the molecule is CC(c1ccccc1)N1CCC(NS(C)(=O)=O)C1. The molecule has 2 unspecified atom stereocenters. The first-order valence-corrected chi connectivity index (χ1v) is 8.11. The minimum absolute atomic E-state index is 0.0474. The molecular formula is C13H20N2O2S. The van der Waals surface area contributed by atoms with Gasteiger partial charge in [-0.1, -0.05) is 30.3 Å². The van der Waals surface area contributed by atoms with Crippen LogP contribution in [0.2, 0.25) is 0 Å². The van der Waals surface area contributed by atoms with E-state index in [0.29, 0.717) is 6.04 Å². The van der Waals surface area contributed by atoms with Crippen molar-refractivity contribution in [1.29, 1.82) is 0 Å². The lowest BCUT2D eigenvalue weighted by atomic mass is 10.1. The maximum atomic E-state index is 11.2. The van der Waals surface area contributed by atoms with Gasteiger partial charge in [-0.25, -0.2) is 13.1 Å². The quantitative estimate of drug-likeness (QED) is 0.897. The van der Waals surface area contributed by atoms with Crippen LogP contribution in [0.3, 0.4) is 0 Å². The number of hydrogen-bond acceptors (Lipinski definition) is 3. The van der Waals surface area contributed by atoms with Crippen LogP contribution < -0.4 is 4.72 Å². The van der Waals surface area contributed by atoms with Crippen LogP contribution in [0.5, 0.6) is 0 Å². The van der Waals surface area contributed by atoms with Crippen molar-refractivity contribution >= 4 is 10.0 Å². The molecule has 2 atom stereocenters. The van der Waals surface area contributed by atoms with Gasteiger partial charge < -0.3 is 0 Å². The van der Waals surface area contributed by atoms with E-state index in [2.05, 4.69) is 28.7 Å². The third kappa shape index (κ3) is 3.54. The Morgan fingerprint density at radius 2 is 2.00 bits per heavy atom. The summed E-state index contributed by atoms with van der Waals surface area (Å²) in [6, 6.07) is 10.7. The van der Waals surface area contributed by atoms with Crippen molar-refractivity contribution in [2.75, 3.05) is 19.3 Å². The van der Waals surface area contributed by atoms with Crippen molar-refractivity contribution in [1.82, 2.24) is 9.62 Å². The van der Waals surface area contributed by atoms with E-state index in [-0.39, 0.29) is 6.04 Å². The molecule has 0 spiro atoms. The van der Waals surface area contributed by atoms with Gasteiger partial charge in [0.15, 0.2) is 0 Å². The molecule has 1 aliphatic rings. The summed E-state index contributed by atoms with van der Waals surface area (Å²) < 4.78 is 25.1. The normalized spacial score (nSPS) is 23.1. The standard InChI is InChI=1S/C13H20N2O2S/c1-11(12-6-4-3-5-7-12)15-9-8-13(10-15)14-18(2,16)17/h3-7,11,13-14H,8-10H2,1-2H3. The molecule has 1 saturated heterocycles. The van der Waals surface area contributed by atoms with Crippen molar-refractivity contribution in [3.63, 3.8) is 0 Å². The maximum Gasteiger partial charge on any atom is 0.208 e. The lowest BCUT2D eigenvalue weighted by Crippen LogP contribution is -2.36. The zero-order valence-corrected chi connectivity index (χ0v) is 11.7. The highest BCUT2D eigenvalue weighted by atomic mass is 32.2. The van der Waals surface area contributed by atoms with Gasteiger partial charge in [0.1, 0.15) is 0 Å². The second-order valence-electron chi connectivity index (χ2n) is 4.96. The van der Waals surface area contributed by atoms with Gasteiger partial charge in [0.25, 0.3) is 0 Å². The molecule has 1 heterocycles. The second kappa shape index (κ2) is 5.38. The molecule has 0 aromatic heterocycles. The fourth-order valence-corrected chi connectivity index (χ4v) is 3.28. The molecular weight excluding hydrogens is 248 g/mol. The van der Waals surface area contributed by atoms with E-state index in [9.17, 15) is 8.42 Å². The third-order valence-corrected chi connectivity index (χ3v) is 4.19. The fraction of sp³-hybridized carbons (Fsp3) is 0.538. The number of rotatable bonds is 4. The van der Waals surface area contributed by atoms with Crippen molar-refractivity contribution in [3.8, 4) is 0 Å². The van der Waals surface area contributed by atoms with Crippen molar-refractivity contribution in [2.45, 2.75) is 25.4 Å². The highest BCUT2D eigenvalue weighted by Crippen LogP contribution is 2.24. The molecule has 2 rings (SSSR count). The lowest BCUT2D eigenvalue weighted by molar-refractivity contribution is 0.258. The summed E-state index contributed by atoms with van der Waals surface area (Å²) >= 11 is 0. The molecule has 1 N–H and O–H groups in total. The summed E-state index contributed by atoms with van der Waals surface area (Å²) in [5.74, 6) is 0. The molecule has 0 saturated carbocycles. The monoisotopic (exact) mass is 268 g/mol. The molecule has 1 aliphatic heterocycles. The molecule has 4 nitrogen and oxygen atoms in total. The average Bonchev–Trinajstić information content (AvgIpc) is 2.75. The Hall–Kier alpha value is -0.910. The van der Waals surface area contributed by atoms with Gasteiger partial charge in [-0.05, 0) is 18.9 Å². The van der Waals surface area contributed by atoms with E-state index in [0.717, 1.165) is 19.5 Å². The minimum atomic E-state index is -3.10. The molecule has 1 fully saturated rings. The minimum Gasteiger partial charge on any atom is -0.295 e. The summed E-state index contributed by atoms with van der Waals surface area (Å²) in [4.78, 5) is 2.32. The molecule has 0 amide bonds. The molecule has 100 valence electrons. The molecule has 0 bridgehead atoms. The van der Waals surface area contributed by atoms with Crippen molar-refractivity contribution in [3.05, 3.63) is 35.9 Å². The zero-order valence-electron chi connectivity index (χ0n) is 10.8. The Labute approximate surface area is 109 Å². The molecule has 1 aromatic carbocycles. The zero-order chi connectivity index (χ0) is 13.2. The van der Waals surface area contributed by atoms with Gasteiger partial charge in [-0.3, -0.25) is 4.90 Å². The van der Waals surface area contributed by atoms with Crippen LogP contribution in [0, 0.1) is 0 Å². The van der Waals surface area contributed by atoms with Crippen LogP contribution in [-0.2, 0) is 10.0 Å². The lowest BCUT2D eigenvalue weighted by Gasteiger charge is -2.24. The molecule has 0 aliphatic carbocycles. The highest BCUT2D eigenvalue weighted by Gasteiger charge is 2.28. The Morgan fingerprint density at radius 3 is 2.61 bits per heavy atom. The van der Waals surface area contributed by atoms with E-state index in [1.54, 1.807) is 0 Å². The number of benzene rings is 1. The predicted molar refractivity (Wildman–Crippen MR) is 72.8 cm³/mol. The summed E-state index contributed by atoms with van der Waals surface area (Å²) in [6.45, 7) is 3.88. The van der Waals surface area contributed by atoms with Crippen LogP contribution in [0.25, 0.3) is 0 Å². The largest absolute Gasteiger partial charge is 0.295 e. The molecule has 18 heavy (non-hydrogen) atoms. The van der Waals surface area contributed by atoms with Gasteiger partial charge in [0.05, 0.1) is 6.26 Å². The van der Waals surface area contributed by atoms with Gasteiger partial charge in [0, 0.05) is 25.2 Å². The smallest absolute Gasteiger partial charge is 0.208 e. The van der Waals surface area contributed by atoms with Crippen molar-refractivity contribution < 1.29 is 8.42 Å². The van der Waals surface area contributed by atoms with Crippen LogP contribution in [-0.4, -0.2) is 38.7 Å². The average molecular weight is 268 g/mol. The van der Waals surface area contributed by atoms with E-state index in [1.165, 1.54) is 11.8 Å². The van der Waals surface area contributed by atoms with E-state index < -0.39 is 10.0 Å². The Kier molecular flexibility index (Phi) is 4.04. The van der Waals surface area contributed by atoms with E-state index in [1.807, 2.05) is 18.2 Å². The maximum absolute atomic E-state index is 11.2. The van der Waals surface area contributed by atoms with Gasteiger partial charge in [-0.15, -0.1) is 0 Å². The molecule has 5 heteroatoms. The fourth-order valence-electron chi connectivity index (χ4n) is 2.48. The number of nitrogens with one attached hydrogen (secondary N) is 1. The molecule has 1 aromatic rings. The number of nitrogens with zero attached hydrogens (tertiary/aromatic N) is 1. The van der Waals surface area contributed by atoms with Crippen LogP contribution in [0.4, 0.5) is 0 Å². The summed E-state index contributed by atoms with van der Waals surface area (Å²) in [7, 11) is -3.10. The number of likely N-dealkylation sites (tertiary alicyclic amines) is 1. The van der Waals surface area contributed by atoms with Gasteiger partial charge in [-0.2, -0.15) is 0 Å². The summed E-state index contributed by atoms with van der Waals surface area (Å²) in [5, 5.41) is 0. The van der Waals surface area contributed by atoms with Gasteiger partial charge in [0.2, 0.25) is 10.0 Å². The Balaban J connectivity index is 1.97. The first-order valence-electron chi connectivity index (χ1n) is 6.22. The highest BCUT2D eigenvalue weighted by molar-refractivity contribution is 7.88. The first-order chi connectivity index (χ1) is 8.46. The first kappa shape index (κ1) is 13.5. The summed E-state index contributed by atoms with van der Waals surface area (Å²) in [6.07, 6.45) is 2.10. The van der Waals surface area contributed by atoms with Crippen molar-refractivity contribution in [2.24, 2.45) is 0 Å². The number of hydrogen-bond donors (Lipinski definition) is 1. The topological polar surface area (TPSA) is 49.4 Å². The predicted octanol–water partition coefficient (Wildman–Crippen LogP) is 1.37. The number of sulfonamides is 1. The van der Waals surface area contributed by atoms with E-state index >= 15 is 0 Å². The van der Waals surface area contributed by atoms with Crippen LogP contribution in [0.15, 0.2) is 30.3 Å². The third-order valence-electron chi connectivity index (χ3n) is 3.43. The Bertz CT molecular complexity index is 487. The van der Waals surface area contributed by atoms with Crippen LogP contribution >= 0.6 is 0 Å².